The molecule has 12 heavy (non-hydrogen) atoms. The molecular weight excluding hydrogens is 154 g/mol. The molecule has 4 heteroatoms. The first kappa shape index (κ1) is 7.36. The first-order chi connectivity index (χ1) is 5.90. The maximum atomic E-state index is 5.01. The van der Waals surface area contributed by atoms with Gasteiger partial charge in [0.25, 0.3) is 0 Å². The highest BCUT2D eigenvalue weighted by Crippen LogP contribution is 2.14. The number of ether oxygens (including phenoxy) is 1. The molecule has 1 aliphatic heterocycles. The molecule has 1 aromatic heterocycles. The van der Waals surface area contributed by atoms with Crippen molar-refractivity contribution in [1.29, 1.82) is 0 Å². The highest BCUT2D eigenvalue weighted by atomic mass is 16.5. The number of rotatable bonds is 2. The topological polar surface area (TPSA) is 39.1 Å². The van der Waals surface area contributed by atoms with E-state index in [0.717, 1.165) is 18.1 Å². The fourth-order valence-electron chi connectivity index (χ4n) is 1.25. The molecule has 0 unspecified atom stereocenters. The lowest BCUT2D eigenvalue weighted by atomic mass is 10.3. The van der Waals surface area contributed by atoms with Crippen molar-refractivity contribution in [2.24, 2.45) is 0 Å². The Morgan fingerprint density at radius 1 is 1.75 bits per heavy atom. The average Bonchev–Trinajstić information content (AvgIpc) is 2.51. The highest BCUT2D eigenvalue weighted by molar-refractivity contribution is 5.43. The molecule has 2 rings (SSSR count). The molecule has 1 N–H and O–H groups in total. The number of methoxy groups -OCH3 is 1. The molecule has 64 valence electrons. The van der Waals surface area contributed by atoms with Gasteiger partial charge in [-0.2, -0.15) is 5.10 Å². The Hall–Kier alpha value is -1.29. The number of anilines is 1. The predicted octanol–water partition coefficient (Wildman–Crippen LogP) is 0.839. The molecule has 0 saturated carbocycles. The summed E-state index contributed by atoms with van der Waals surface area (Å²) in [6, 6.07) is 1.95. The van der Waals surface area contributed by atoms with E-state index in [4.69, 9.17) is 4.74 Å². The van der Waals surface area contributed by atoms with Crippen LogP contribution in [0.4, 0.5) is 5.82 Å². The van der Waals surface area contributed by atoms with Crippen molar-refractivity contribution >= 4 is 5.82 Å². The average molecular weight is 165 g/mol. The van der Waals surface area contributed by atoms with Gasteiger partial charge >= 0.3 is 0 Å². The molecule has 0 aromatic carbocycles. The second-order valence-electron chi connectivity index (χ2n) is 2.69. The zero-order chi connectivity index (χ0) is 8.39. The van der Waals surface area contributed by atoms with Crippen molar-refractivity contribution in [2.75, 3.05) is 19.0 Å². The Morgan fingerprint density at radius 2 is 2.67 bits per heavy atom. The summed E-state index contributed by atoms with van der Waals surface area (Å²) in [7, 11) is 1.69. The summed E-state index contributed by atoms with van der Waals surface area (Å²) in [4.78, 5) is 0. The number of nitrogens with zero attached hydrogens (tertiary/aromatic N) is 2. The van der Waals surface area contributed by atoms with E-state index in [1.54, 1.807) is 13.3 Å². The summed E-state index contributed by atoms with van der Waals surface area (Å²) < 4.78 is 6.91. The van der Waals surface area contributed by atoms with Crippen molar-refractivity contribution in [3.63, 3.8) is 0 Å². The molecule has 1 aliphatic rings. The van der Waals surface area contributed by atoms with E-state index in [1.807, 2.05) is 10.7 Å². The quantitative estimate of drug-likeness (QED) is 0.705. The van der Waals surface area contributed by atoms with Crippen LogP contribution in [0, 0.1) is 0 Å². The predicted molar refractivity (Wildman–Crippen MR) is 45.8 cm³/mol. The Morgan fingerprint density at radius 3 is 3.50 bits per heavy atom. The summed E-state index contributed by atoms with van der Waals surface area (Å²) in [6.07, 6.45) is 3.86. The molecule has 1 aromatic rings. The zero-order valence-electron chi connectivity index (χ0n) is 6.95. The van der Waals surface area contributed by atoms with Crippen molar-refractivity contribution < 1.29 is 4.74 Å². The normalized spacial score (nSPS) is 14.9. The number of allylic oxidation sites excluding steroid dienone is 1. The van der Waals surface area contributed by atoms with Crippen molar-refractivity contribution in [3.05, 3.63) is 24.0 Å². The van der Waals surface area contributed by atoms with Crippen LogP contribution in [0.2, 0.25) is 0 Å². The Bertz CT molecular complexity index is 303. The smallest absolute Gasteiger partial charge is 0.128 e. The summed E-state index contributed by atoms with van der Waals surface area (Å²) in [6.45, 7) is 1.46. The molecular formula is C8H11N3O. The third kappa shape index (κ3) is 1.21. The Labute approximate surface area is 70.8 Å². The maximum Gasteiger partial charge on any atom is 0.128 e. The maximum absolute atomic E-state index is 5.01. The van der Waals surface area contributed by atoms with E-state index < -0.39 is 0 Å². The van der Waals surface area contributed by atoms with Crippen LogP contribution in [0.15, 0.2) is 24.0 Å². The number of hydrogen-bond acceptors (Lipinski definition) is 3. The molecule has 0 saturated heterocycles. The zero-order valence-corrected chi connectivity index (χ0v) is 6.95. The minimum atomic E-state index is 0.630. The van der Waals surface area contributed by atoms with Gasteiger partial charge < -0.3 is 10.1 Å². The molecule has 0 atom stereocenters. The van der Waals surface area contributed by atoms with Crippen LogP contribution < -0.4 is 5.32 Å². The van der Waals surface area contributed by atoms with Gasteiger partial charge in [0.2, 0.25) is 0 Å². The lowest BCUT2D eigenvalue weighted by Crippen LogP contribution is -2.16. The van der Waals surface area contributed by atoms with Gasteiger partial charge in [0.1, 0.15) is 5.82 Å². The molecule has 0 radical (unpaired) electrons. The van der Waals surface area contributed by atoms with Crippen LogP contribution >= 0.6 is 0 Å². The second-order valence-corrected chi connectivity index (χ2v) is 2.69. The number of aromatic nitrogens is 2. The lowest BCUT2D eigenvalue weighted by Gasteiger charge is -2.16. The largest absolute Gasteiger partial charge is 0.378 e. The van der Waals surface area contributed by atoms with Gasteiger partial charge in [0, 0.05) is 18.9 Å². The summed E-state index contributed by atoms with van der Waals surface area (Å²) >= 11 is 0. The SMILES string of the molecule is COCC1=CCn2nccc2N1. The molecule has 4 nitrogen and oxygen atoms in total. The van der Waals surface area contributed by atoms with Gasteiger partial charge in [-0.25, -0.2) is 4.68 Å². The molecule has 0 amide bonds. The van der Waals surface area contributed by atoms with Gasteiger partial charge in [0.15, 0.2) is 0 Å². The molecule has 0 spiro atoms. The van der Waals surface area contributed by atoms with E-state index in [9.17, 15) is 0 Å². The Kier molecular flexibility index (Phi) is 1.83. The van der Waals surface area contributed by atoms with E-state index in [-0.39, 0.29) is 0 Å². The highest BCUT2D eigenvalue weighted by Gasteiger charge is 2.08. The number of nitrogens with one attached hydrogen (secondary N) is 1. The van der Waals surface area contributed by atoms with Crippen molar-refractivity contribution in [2.45, 2.75) is 6.54 Å². The van der Waals surface area contributed by atoms with Crippen LogP contribution in [0.3, 0.4) is 0 Å². The number of fused-ring (bicyclic) bond motifs is 1. The van der Waals surface area contributed by atoms with Crippen molar-refractivity contribution in [1.82, 2.24) is 9.78 Å². The van der Waals surface area contributed by atoms with Crippen LogP contribution in [-0.4, -0.2) is 23.5 Å². The van der Waals surface area contributed by atoms with Crippen LogP contribution in [-0.2, 0) is 11.3 Å². The third-order valence-electron chi connectivity index (χ3n) is 1.82. The van der Waals surface area contributed by atoms with Gasteiger partial charge in [-0.1, -0.05) is 0 Å². The number of hydrogen-bond donors (Lipinski definition) is 1. The molecule has 0 fully saturated rings. The third-order valence-corrected chi connectivity index (χ3v) is 1.82. The van der Waals surface area contributed by atoms with Crippen molar-refractivity contribution in [3.8, 4) is 0 Å². The first-order valence-electron chi connectivity index (χ1n) is 3.87. The van der Waals surface area contributed by atoms with E-state index >= 15 is 0 Å². The van der Waals surface area contributed by atoms with Gasteiger partial charge in [-0.15, -0.1) is 0 Å². The second kappa shape index (κ2) is 2.98. The van der Waals surface area contributed by atoms with Crippen LogP contribution in [0.5, 0.6) is 0 Å². The minimum Gasteiger partial charge on any atom is -0.378 e. The minimum absolute atomic E-state index is 0.630. The van der Waals surface area contributed by atoms with Crippen LogP contribution in [0.25, 0.3) is 0 Å². The Balaban J connectivity index is 2.13. The molecule has 0 aliphatic carbocycles. The monoisotopic (exact) mass is 165 g/mol. The molecule has 2 heterocycles. The fraction of sp³-hybridized carbons (Fsp3) is 0.375. The summed E-state index contributed by atoms with van der Waals surface area (Å²) in [5.41, 5.74) is 1.10. The van der Waals surface area contributed by atoms with E-state index in [2.05, 4.69) is 16.5 Å². The summed E-state index contributed by atoms with van der Waals surface area (Å²) in [5, 5.41) is 7.33. The summed E-state index contributed by atoms with van der Waals surface area (Å²) in [5.74, 6) is 1.03. The molecule has 0 bridgehead atoms. The van der Waals surface area contributed by atoms with E-state index in [0.29, 0.717) is 6.61 Å². The standard InChI is InChI=1S/C8H11N3O/c1-12-6-7-3-5-11-8(10-7)2-4-9-11/h2-4,10H,5-6H2,1H3. The van der Waals surface area contributed by atoms with Gasteiger partial charge in [-0.05, 0) is 6.08 Å². The first-order valence-corrected chi connectivity index (χ1v) is 3.87. The fourth-order valence-corrected chi connectivity index (χ4v) is 1.25. The van der Waals surface area contributed by atoms with Gasteiger partial charge in [-0.3, -0.25) is 0 Å². The van der Waals surface area contributed by atoms with E-state index in [1.165, 1.54) is 0 Å². The lowest BCUT2D eigenvalue weighted by molar-refractivity contribution is 0.225. The van der Waals surface area contributed by atoms with Crippen LogP contribution in [0.1, 0.15) is 0 Å². The van der Waals surface area contributed by atoms with Gasteiger partial charge in [0.05, 0.1) is 19.3 Å².